The van der Waals surface area contributed by atoms with Gasteiger partial charge in [0.05, 0.1) is 0 Å². The van der Waals surface area contributed by atoms with Gasteiger partial charge >= 0.3 is 0 Å². The van der Waals surface area contributed by atoms with Crippen LogP contribution in [0.15, 0.2) is 10.4 Å². The van der Waals surface area contributed by atoms with Crippen molar-refractivity contribution in [3.05, 3.63) is 9.81 Å². The summed E-state index contributed by atoms with van der Waals surface area (Å²) in [4.78, 5) is 45.1. The zero-order chi connectivity index (χ0) is 25.1. The second-order valence-corrected chi connectivity index (χ2v) is 8.96. The van der Waals surface area contributed by atoms with Crippen LogP contribution in [-0.4, -0.2) is 62.2 Å². The van der Waals surface area contributed by atoms with Crippen molar-refractivity contribution in [2.24, 2.45) is 16.3 Å². The number of carbonyl (C=O) groups is 2. The summed E-state index contributed by atoms with van der Waals surface area (Å²) in [6.45, 7) is 12.2. The molecule has 4 unspecified atom stereocenters. The van der Waals surface area contributed by atoms with Crippen LogP contribution in [0.4, 0.5) is 0 Å². The largest absolute Gasteiger partial charge is 0.356 e. The van der Waals surface area contributed by atoms with Crippen molar-refractivity contribution in [3.8, 4) is 0 Å². The average Bonchev–Trinajstić information content (AvgIpc) is 2.80. The third kappa shape index (κ3) is 16.3. The molecule has 0 spiro atoms. The number of nitroso groups, excluding NO2 is 2. The summed E-state index contributed by atoms with van der Waals surface area (Å²) in [6.07, 6.45) is 4.79. The van der Waals surface area contributed by atoms with Crippen molar-refractivity contribution in [2.45, 2.75) is 104 Å². The second kappa shape index (κ2) is 19.5. The summed E-state index contributed by atoms with van der Waals surface area (Å²) >= 11 is 0. The highest BCUT2D eigenvalue weighted by molar-refractivity contribution is 5.78. The van der Waals surface area contributed by atoms with Crippen molar-refractivity contribution < 1.29 is 9.59 Å². The Morgan fingerprint density at radius 2 is 1.12 bits per heavy atom. The van der Waals surface area contributed by atoms with Crippen LogP contribution in [-0.2, 0) is 9.59 Å². The molecule has 0 aliphatic heterocycles. The van der Waals surface area contributed by atoms with Crippen LogP contribution in [0.25, 0.3) is 0 Å². The fourth-order valence-corrected chi connectivity index (χ4v) is 3.25. The van der Waals surface area contributed by atoms with Gasteiger partial charge in [0, 0.05) is 38.0 Å². The number of carbonyl (C=O) groups excluding carboxylic acids is 2. The number of hydrogen-bond acceptors (Lipinski definition) is 8. The van der Waals surface area contributed by atoms with E-state index in [0.717, 1.165) is 38.8 Å². The van der Waals surface area contributed by atoms with E-state index >= 15 is 0 Å². The van der Waals surface area contributed by atoms with Crippen LogP contribution < -0.4 is 21.3 Å². The predicted molar refractivity (Wildman–Crippen MR) is 133 cm³/mol. The van der Waals surface area contributed by atoms with Crippen LogP contribution in [0.2, 0.25) is 0 Å². The molecule has 0 radical (unpaired) electrons. The maximum atomic E-state index is 12.1. The third-order valence-electron chi connectivity index (χ3n) is 6.07. The summed E-state index contributed by atoms with van der Waals surface area (Å²) in [7, 11) is 0. The summed E-state index contributed by atoms with van der Waals surface area (Å²) in [5.74, 6) is 0.321. The maximum Gasteiger partial charge on any atom is 0.220 e. The first kappa shape index (κ1) is 31.1. The van der Waals surface area contributed by atoms with Gasteiger partial charge in [-0.2, -0.15) is 9.81 Å². The summed E-state index contributed by atoms with van der Waals surface area (Å²) in [5, 5.41) is 18.6. The zero-order valence-corrected chi connectivity index (χ0v) is 21.2. The van der Waals surface area contributed by atoms with E-state index in [-0.39, 0.29) is 36.0 Å². The third-order valence-corrected chi connectivity index (χ3v) is 6.07. The molecule has 0 aromatic carbocycles. The van der Waals surface area contributed by atoms with Crippen LogP contribution in [0.1, 0.15) is 79.6 Å². The topological polar surface area (TPSA) is 141 Å². The Bertz CT molecular complexity index is 537. The van der Waals surface area contributed by atoms with E-state index < -0.39 is 0 Å². The summed E-state index contributed by atoms with van der Waals surface area (Å²) in [6, 6.07) is -0.552. The molecule has 0 aromatic rings. The molecule has 0 aromatic heterocycles. The van der Waals surface area contributed by atoms with E-state index in [1.807, 2.05) is 20.8 Å². The fraction of sp³-hybridized carbons (Fsp3) is 0.913. The highest BCUT2D eigenvalue weighted by Crippen LogP contribution is 2.13. The lowest BCUT2D eigenvalue weighted by Crippen LogP contribution is -2.37. The van der Waals surface area contributed by atoms with E-state index in [4.69, 9.17) is 0 Å². The number of nitrogens with zero attached hydrogens (tertiary/aromatic N) is 2. The zero-order valence-electron chi connectivity index (χ0n) is 21.2. The Labute approximate surface area is 199 Å². The Morgan fingerprint density at radius 3 is 1.55 bits per heavy atom. The molecule has 0 fully saturated rings. The second-order valence-electron chi connectivity index (χ2n) is 8.96. The molecular formula is C23H46N6O4. The molecule has 0 rings (SSSR count). The van der Waals surface area contributed by atoms with Gasteiger partial charge in [-0.3, -0.25) is 9.59 Å². The number of nitrogens with one attached hydrogen (secondary N) is 4. The first-order chi connectivity index (χ1) is 15.7. The van der Waals surface area contributed by atoms with Gasteiger partial charge in [-0.25, -0.2) is 0 Å². The molecule has 0 saturated carbocycles. The summed E-state index contributed by atoms with van der Waals surface area (Å²) in [5.41, 5.74) is 0. The molecule has 10 nitrogen and oxygen atoms in total. The van der Waals surface area contributed by atoms with E-state index in [1.54, 1.807) is 13.8 Å². The first-order valence-corrected chi connectivity index (χ1v) is 12.4. The molecule has 0 aliphatic rings. The van der Waals surface area contributed by atoms with E-state index in [2.05, 4.69) is 31.6 Å². The monoisotopic (exact) mass is 470 g/mol. The Kier molecular flexibility index (Phi) is 18.4. The lowest BCUT2D eigenvalue weighted by molar-refractivity contribution is -0.122. The molecule has 0 bridgehead atoms. The molecule has 2 amide bonds. The lowest BCUT2D eigenvalue weighted by atomic mass is 9.96. The Hall–Kier alpha value is -1.94. The average molecular weight is 471 g/mol. The van der Waals surface area contributed by atoms with E-state index in [0.29, 0.717) is 38.3 Å². The van der Waals surface area contributed by atoms with Crippen molar-refractivity contribution in [3.63, 3.8) is 0 Å². The van der Waals surface area contributed by atoms with Crippen molar-refractivity contribution >= 4 is 11.8 Å². The fourth-order valence-electron chi connectivity index (χ4n) is 3.25. The standard InChI is InChI=1S/C23H46N6O4/c1-6-13-26-22(30)8-7-9-23(31)27-16-12-21(10-14-24-17(2)19(4)28-32)11-15-25-18(3)20(5)29-33/h17-21,24-25H,6-16H2,1-5H3,(H,26,30)(H,27,31). The van der Waals surface area contributed by atoms with Gasteiger partial charge in [-0.05, 0) is 78.8 Å². The van der Waals surface area contributed by atoms with Gasteiger partial charge in [0.25, 0.3) is 0 Å². The van der Waals surface area contributed by atoms with Crippen LogP contribution in [0, 0.1) is 15.7 Å². The first-order valence-electron chi connectivity index (χ1n) is 12.4. The Morgan fingerprint density at radius 1 is 0.697 bits per heavy atom. The molecule has 4 N–H and O–H groups in total. The van der Waals surface area contributed by atoms with Crippen LogP contribution in [0.5, 0.6) is 0 Å². The van der Waals surface area contributed by atoms with Gasteiger partial charge in [0.2, 0.25) is 11.8 Å². The number of hydrogen-bond donors (Lipinski definition) is 4. The van der Waals surface area contributed by atoms with Crippen LogP contribution in [0.3, 0.4) is 0 Å². The SMILES string of the molecule is CCCNC(=O)CCCC(=O)NCCC(CCNC(C)C(C)N=O)CCNC(C)C(C)N=O. The van der Waals surface area contributed by atoms with Gasteiger partial charge in [-0.15, -0.1) is 0 Å². The van der Waals surface area contributed by atoms with Crippen molar-refractivity contribution in [2.75, 3.05) is 26.2 Å². The molecule has 0 aliphatic carbocycles. The number of amides is 2. The van der Waals surface area contributed by atoms with Gasteiger partial charge in [0.15, 0.2) is 0 Å². The van der Waals surface area contributed by atoms with E-state index in [1.165, 1.54) is 0 Å². The maximum absolute atomic E-state index is 12.1. The van der Waals surface area contributed by atoms with Crippen molar-refractivity contribution in [1.82, 2.24) is 21.3 Å². The smallest absolute Gasteiger partial charge is 0.220 e. The van der Waals surface area contributed by atoms with Crippen LogP contribution >= 0.6 is 0 Å². The van der Waals surface area contributed by atoms with E-state index in [9.17, 15) is 19.4 Å². The highest BCUT2D eigenvalue weighted by Gasteiger charge is 2.16. The number of rotatable bonds is 21. The lowest BCUT2D eigenvalue weighted by Gasteiger charge is -2.22. The van der Waals surface area contributed by atoms with Crippen molar-refractivity contribution in [1.29, 1.82) is 0 Å². The molecule has 0 saturated heterocycles. The minimum Gasteiger partial charge on any atom is -0.356 e. The molecule has 33 heavy (non-hydrogen) atoms. The Balaban J connectivity index is 4.38. The normalized spacial score (nSPS) is 15.7. The quantitative estimate of drug-likeness (QED) is 0.190. The van der Waals surface area contributed by atoms with Gasteiger partial charge in [0.1, 0.15) is 12.1 Å². The molecule has 10 heteroatoms. The molecular weight excluding hydrogens is 424 g/mol. The predicted octanol–water partition coefficient (Wildman–Crippen LogP) is 2.85. The minimum atomic E-state index is -0.286. The molecule has 4 atom stereocenters. The highest BCUT2D eigenvalue weighted by atomic mass is 16.3. The van der Waals surface area contributed by atoms with Gasteiger partial charge < -0.3 is 21.3 Å². The summed E-state index contributed by atoms with van der Waals surface area (Å²) < 4.78 is 0. The minimum absolute atomic E-state index is 0.00799. The molecule has 192 valence electrons. The molecule has 0 heterocycles. The van der Waals surface area contributed by atoms with Gasteiger partial charge in [-0.1, -0.05) is 17.3 Å².